The van der Waals surface area contributed by atoms with Crippen LogP contribution in [0.3, 0.4) is 0 Å². The number of carbonyl (C=O) groups excluding carboxylic acids is 3. The number of benzene rings is 1. The number of hydrogen-bond donors (Lipinski definition) is 2. The minimum Gasteiger partial charge on any atom is -0.463 e. The fraction of sp³-hybridized carbons (Fsp3) is 0.591. The van der Waals surface area contributed by atoms with Crippen molar-refractivity contribution in [3.8, 4) is 0 Å². The molecule has 160 valence electrons. The van der Waals surface area contributed by atoms with E-state index in [1.165, 1.54) is 5.56 Å². The highest BCUT2D eigenvalue weighted by Crippen LogP contribution is 2.24. The summed E-state index contributed by atoms with van der Waals surface area (Å²) < 4.78 is 10.2. The van der Waals surface area contributed by atoms with E-state index in [0.29, 0.717) is 6.42 Å². The van der Waals surface area contributed by atoms with Gasteiger partial charge < -0.3 is 14.8 Å². The molecule has 0 spiro atoms. The van der Waals surface area contributed by atoms with Crippen LogP contribution in [0.4, 0.5) is 0 Å². The molecule has 29 heavy (non-hydrogen) atoms. The fourth-order valence-electron chi connectivity index (χ4n) is 3.02. The number of carbonyl (C=O) groups is 3. The number of ether oxygens (including phenoxy) is 2. The topological polar surface area (TPSA) is 93.7 Å². The minimum atomic E-state index is -2.02. The van der Waals surface area contributed by atoms with Gasteiger partial charge in [0.05, 0.1) is 13.2 Å². The maximum Gasteiger partial charge on any atom is 0.359 e. The Balaban J connectivity index is 2.18. The Morgan fingerprint density at radius 2 is 1.52 bits per heavy atom. The van der Waals surface area contributed by atoms with Crippen LogP contribution >= 0.6 is 0 Å². The summed E-state index contributed by atoms with van der Waals surface area (Å²) in [6, 6.07) is 8.03. The third-order valence-corrected chi connectivity index (χ3v) is 4.89. The Morgan fingerprint density at radius 3 is 1.97 bits per heavy atom. The van der Waals surface area contributed by atoms with Crippen LogP contribution in [-0.2, 0) is 36.7 Å². The Bertz CT molecular complexity index is 694. The highest BCUT2D eigenvalue weighted by atomic mass is 16.6. The summed E-state index contributed by atoms with van der Waals surface area (Å²) >= 11 is 0. The summed E-state index contributed by atoms with van der Waals surface area (Å²) in [6.45, 7) is 7.32. The van der Waals surface area contributed by atoms with Gasteiger partial charge in [-0.1, -0.05) is 38.1 Å². The monoisotopic (exact) mass is 404 g/mol. The molecule has 1 aliphatic rings. The van der Waals surface area contributed by atoms with E-state index in [4.69, 9.17) is 9.47 Å². The van der Waals surface area contributed by atoms with Gasteiger partial charge in [-0.25, -0.2) is 9.59 Å². The third kappa shape index (κ3) is 6.03. The predicted molar refractivity (Wildman–Crippen MR) is 109 cm³/mol. The van der Waals surface area contributed by atoms with Gasteiger partial charge >= 0.3 is 11.9 Å². The summed E-state index contributed by atoms with van der Waals surface area (Å²) in [7, 11) is 0. The molecule has 1 atom stereocenters. The lowest BCUT2D eigenvalue weighted by molar-refractivity contribution is -0.171. The van der Waals surface area contributed by atoms with Gasteiger partial charge in [0.25, 0.3) is 5.66 Å². The van der Waals surface area contributed by atoms with Crippen molar-refractivity contribution in [2.45, 2.75) is 65.1 Å². The molecule has 7 nitrogen and oxygen atoms in total. The van der Waals surface area contributed by atoms with E-state index in [-0.39, 0.29) is 19.3 Å². The van der Waals surface area contributed by atoms with Crippen molar-refractivity contribution < 1.29 is 23.9 Å². The molecule has 1 unspecified atom stereocenters. The van der Waals surface area contributed by atoms with E-state index in [1.807, 2.05) is 24.3 Å². The van der Waals surface area contributed by atoms with E-state index >= 15 is 0 Å². The molecule has 0 saturated heterocycles. The van der Waals surface area contributed by atoms with Gasteiger partial charge in [-0.15, -0.1) is 0 Å². The van der Waals surface area contributed by atoms with Gasteiger partial charge in [-0.3, -0.25) is 10.1 Å². The Labute approximate surface area is 172 Å². The Kier molecular flexibility index (Phi) is 8.20. The first kappa shape index (κ1) is 22.9. The number of nitrogens with one attached hydrogen (secondary N) is 2. The summed E-state index contributed by atoms with van der Waals surface area (Å²) in [4.78, 5) is 38.4. The van der Waals surface area contributed by atoms with Gasteiger partial charge in [0, 0.05) is 12.0 Å². The summed E-state index contributed by atoms with van der Waals surface area (Å²) in [5.74, 6) is -2.57. The molecule has 0 bridgehead atoms. The minimum absolute atomic E-state index is 0.0407. The molecule has 1 aromatic rings. The molecule has 1 fully saturated rings. The highest BCUT2D eigenvalue weighted by Gasteiger charge is 2.53. The molecule has 0 aromatic heterocycles. The van der Waals surface area contributed by atoms with Crippen molar-refractivity contribution >= 4 is 17.8 Å². The first-order valence-electron chi connectivity index (χ1n) is 10.4. The van der Waals surface area contributed by atoms with Crippen LogP contribution < -0.4 is 10.6 Å². The summed E-state index contributed by atoms with van der Waals surface area (Å²) in [5.41, 5.74) is 0.214. The van der Waals surface area contributed by atoms with Gasteiger partial charge in [0.2, 0.25) is 5.91 Å². The second-order valence-corrected chi connectivity index (χ2v) is 7.37. The number of amides is 1. The lowest BCUT2D eigenvalue weighted by atomic mass is 9.98. The van der Waals surface area contributed by atoms with Crippen LogP contribution in [0.2, 0.25) is 0 Å². The van der Waals surface area contributed by atoms with E-state index < -0.39 is 29.4 Å². The maximum atomic E-state index is 12.9. The second kappa shape index (κ2) is 10.4. The van der Waals surface area contributed by atoms with Crippen molar-refractivity contribution in [2.75, 3.05) is 13.2 Å². The van der Waals surface area contributed by atoms with E-state index in [1.54, 1.807) is 20.8 Å². The predicted octanol–water partition coefficient (Wildman–Crippen LogP) is 2.12. The lowest BCUT2D eigenvalue weighted by Gasteiger charge is -2.32. The average Bonchev–Trinajstić information content (AvgIpc) is 3.52. The second-order valence-electron chi connectivity index (χ2n) is 7.37. The zero-order chi connectivity index (χ0) is 21.4. The lowest BCUT2D eigenvalue weighted by Crippen LogP contribution is -2.71. The van der Waals surface area contributed by atoms with Crippen LogP contribution in [0, 0.1) is 5.92 Å². The van der Waals surface area contributed by atoms with E-state index in [2.05, 4.69) is 17.6 Å². The first-order chi connectivity index (χ1) is 13.9. The average molecular weight is 405 g/mol. The standard InChI is InChI=1S/C22H32N2O5/c1-5-16-8-10-17(11-9-16)14-15(4)19(25)24-22(20(26)28-6-2,21(27)29-7-3)23-18-12-13-18/h8-11,15,18,23H,5-7,12-14H2,1-4H3,(H,24,25). The van der Waals surface area contributed by atoms with Crippen molar-refractivity contribution in [1.82, 2.24) is 10.6 Å². The van der Waals surface area contributed by atoms with Gasteiger partial charge in [0.15, 0.2) is 0 Å². The van der Waals surface area contributed by atoms with E-state index in [0.717, 1.165) is 24.8 Å². The van der Waals surface area contributed by atoms with E-state index in [9.17, 15) is 14.4 Å². The molecule has 7 heteroatoms. The SMILES string of the molecule is CCOC(=O)C(NC(=O)C(C)Cc1ccc(CC)cc1)(NC1CC1)C(=O)OCC. The van der Waals surface area contributed by atoms with Crippen LogP contribution in [0.5, 0.6) is 0 Å². The fourth-order valence-corrected chi connectivity index (χ4v) is 3.02. The maximum absolute atomic E-state index is 12.9. The molecule has 1 aromatic carbocycles. The molecule has 2 rings (SSSR count). The number of esters is 2. The smallest absolute Gasteiger partial charge is 0.359 e. The normalized spacial score (nSPS) is 14.8. The van der Waals surface area contributed by atoms with Crippen molar-refractivity contribution in [1.29, 1.82) is 0 Å². The van der Waals surface area contributed by atoms with Crippen LogP contribution in [0.15, 0.2) is 24.3 Å². The highest BCUT2D eigenvalue weighted by molar-refractivity contribution is 6.07. The molecule has 0 radical (unpaired) electrons. The zero-order valence-electron chi connectivity index (χ0n) is 17.7. The number of rotatable bonds is 11. The van der Waals surface area contributed by atoms with Crippen molar-refractivity contribution in [3.05, 3.63) is 35.4 Å². The molecular weight excluding hydrogens is 372 g/mol. The van der Waals surface area contributed by atoms with Crippen LogP contribution in [0.1, 0.15) is 51.7 Å². The Morgan fingerprint density at radius 1 is 1.00 bits per heavy atom. The molecule has 1 aliphatic carbocycles. The first-order valence-corrected chi connectivity index (χ1v) is 10.4. The summed E-state index contributed by atoms with van der Waals surface area (Å²) in [5, 5.41) is 5.57. The molecule has 0 aliphatic heterocycles. The Hall–Kier alpha value is -2.41. The van der Waals surface area contributed by atoms with Gasteiger partial charge in [0.1, 0.15) is 0 Å². The molecule has 0 heterocycles. The molecule has 2 N–H and O–H groups in total. The van der Waals surface area contributed by atoms with Crippen LogP contribution in [0.25, 0.3) is 0 Å². The van der Waals surface area contributed by atoms with Crippen LogP contribution in [-0.4, -0.2) is 42.8 Å². The molecule has 1 amide bonds. The molecular formula is C22H32N2O5. The van der Waals surface area contributed by atoms with Crippen molar-refractivity contribution in [3.63, 3.8) is 0 Å². The largest absolute Gasteiger partial charge is 0.463 e. The quantitative estimate of drug-likeness (QED) is 0.333. The number of aryl methyl sites for hydroxylation is 1. The van der Waals surface area contributed by atoms with Gasteiger partial charge in [-0.05, 0) is 50.7 Å². The zero-order valence-corrected chi connectivity index (χ0v) is 17.7. The molecule has 1 saturated carbocycles. The third-order valence-electron chi connectivity index (χ3n) is 4.89. The van der Waals surface area contributed by atoms with Gasteiger partial charge in [-0.2, -0.15) is 0 Å². The number of hydrogen-bond acceptors (Lipinski definition) is 6. The summed E-state index contributed by atoms with van der Waals surface area (Å²) in [6.07, 6.45) is 3.07. The van der Waals surface area contributed by atoms with Crippen molar-refractivity contribution in [2.24, 2.45) is 5.92 Å².